The van der Waals surface area contributed by atoms with Gasteiger partial charge in [-0.05, 0) is 24.3 Å². The molecule has 0 aliphatic carbocycles. The topological polar surface area (TPSA) is 132 Å². The second kappa shape index (κ2) is 10.3. The fourth-order valence-electron chi connectivity index (χ4n) is 2.96. The Labute approximate surface area is 186 Å². The number of carbonyl (C=O) groups excluding carboxylic acids is 2. The quantitative estimate of drug-likeness (QED) is 0.546. The van der Waals surface area contributed by atoms with Crippen LogP contribution in [0.25, 0.3) is 0 Å². The van der Waals surface area contributed by atoms with Gasteiger partial charge in [0.2, 0.25) is 21.8 Å². The summed E-state index contributed by atoms with van der Waals surface area (Å²) >= 11 is 0. The first-order chi connectivity index (χ1) is 15.3. The molecule has 3 rings (SSSR count). The summed E-state index contributed by atoms with van der Waals surface area (Å²) in [6.07, 6.45) is 0.585. The first kappa shape index (κ1) is 23.4. The SMILES string of the molecule is COc1ccc(NC(C)=O)c(NC(=O)CCNS(=O)(=O)c2ccc3c(c2)OCCCO3)c1. The lowest BCUT2D eigenvalue weighted by Crippen LogP contribution is -2.28. The molecule has 0 fully saturated rings. The molecule has 2 aromatic carbocycles. The molecular weight excluding hydrogens is 438 g/mol. The number of ether oxygens (including phenoxy) is 3. The van der Waals surface area contributed by atoms with Gasteiger partial charge in [0, 0.05) is 38.4 Å². The van der Waals surface area contributed by atoms with Crippen LogP contribution in [0.15, 0.2) is 41.3 Å². The summed E-state index contributed by atoms with van der Waals surface area (Å²) in [7, 11) is -2.37. The smallest absolute Gasteiger partial charge is 0.240 e. The lowest BCUT2D eigenvalue weighted by atomic mass is 10.2. The molecule has 3 N–H and O–H groups in total. The monoisotopic (exact) mass is 463 g/mol. The molecule has 10 nitrogen and oxygen atoms in total. The minimum Gasteiger partial charge on any atom is -0.497 e. The molecule has 172 valence electrons. The van der Waals surface area contributed by atoms with Crippen LogP contribution in [-0.4, -0.2) is 47.1 Å². The fraction of sp³-hybridized carbons (Fsp3) is 0.333. The third-order valence-corrected chi connectivity index (χ3v) is 5.94. The fourth-order valence-corrected chi connectivity index (χ4v) is 4.00. The van der Waals surface area contributed by atoms with Crippen molar-refractivity contribution >= 4 is 33.2 Å². The van der Waals surface area contributed by atoms with Crippen molar-refractivity contribution in [3.05, 3.63) is 36.4 Å². The van der Waals surface area contributed by atoms with Gasteiger partial charge < -0.3 is 24.8 Å². The van der Waals surface area contributed by atoms with Gasteiger partial charge in [-0.3, -0.25) is 9.59 Å². The van der Waals surface area contributed by atoms with Crippen molar-refractivity contribution in [3.8, 4) is 17.2 Å². The Morgan fingerprint density at radius 2 is 1.75 bits per heavy atom. The number of carbonyl (C=O) groups is 2. The number of anilines is 2. The van der Waals surface area contributed by atoms with Gasteiger partial charge in [-0.1, -0.05) is 0 Å². The van der Waals surface area contributed by atoms with Crippen molar-refractivity contribution in [2.45, 2.75) is 24.7 Å². The van der Waals surface area contributed by atoms with Gasteiger partial charge in [-0.25, -0.2) is 13.1 Å². The van der Waals surface area contributed by atoms with Crippen molar-refractivity contribution < 1.29 is 32.2 Å². The number of methoxy groups -OCH3 is 1. The second-order valence-corrected chi connectivity index (χ2v) is 8.71. The molecule has 0 saturated carbocycles. The van der Waals surface area contributed by atoms with E-state index in [-0.39, 0.29) is 23.8 Å². The maximum Gasteiger partial charge on any atom is 0.240 e. The second-order valence-electron chi connectivity index (χ2n) is 6.95. The van der Waals surface area contributed by atoms with E-state index in [0.717, 1.165) is 0 Å². The first-order valence-electron chi connectivity index (χ1n) is 9.93. The lowest BCUT2D eigenvalue weighted by Gasteiger charge is -2.13. The molecule has 32 heavy (non-hydrogen) atoms. The number of nitrogens with one attached hydrogen (secondary N) is 3. The molecule has 2 aromatic rings. The zero-order valence-corrected chi connectivity index (χ0v) is 18.6. The molecule has 0 saturated heterocycles. The van der Waals surface area contributed by atoms with Crippen LogP contribution < -0.4 is 29.6 Å². The van der Waals surface area contributed by atoms with Crippen LogP contribution in [0.4, 0.5) is 11.4 Å². The molecule has 1 heterocycles. The summed E-state index contributed by atoms with van der Waals surface area (Å²) in [5.74, 6) is 0.616. The Balaban J connectivity index is 1.61. The van der Waals surface area contributed by atoms with Gasteiger partial charge in [0.1, 0.15) is 5.75 Å². The normalized spacial score (nSPS) is 13.1. The van der Waals surface area contributed by atoms with E-state index in [4.69, 9.17) is 14.2 Å². The summed E-state index contributed by atoms with van der Waals surface area (Å²) < 4.78 is 43.8. The lowest BCUT2D eigenvalue weighted by molar-refractivity contribution is -0.116. The highest BCUT2D eigenvalue weighted by Gasteiger charge is 2.19. The molecule has 0 spiro atoms. The third-order valence-electron chi connectivity index (χ3n) is 4.48. The minimum absolute atomic E-state index is 0.0166. The summed E-state index contributed by atoms with van der Waals surface area (Å²) in [6, 6.07) is 9.18. The van der Waals surface area contributed by atoms with Gasteiger partial charge in [0.15, 0.2) is 11.5 Å². The van der Waals surface area contributed by atoms with E-state index in [1.165, 1.54) is 26.2 Å². The van der Waals surface area contributed by atoms with Crippen molar-refractivity contribution in [3.63, 3.8) is 0 Å². The highest BCUT2D eigenvalue weighted by molar-refractivity contribution is 7.89. The van der Waals surface area contributed by atoms with E-state index >= 15 is 0 Å². The van der Waals surface area contributed by atoms with E-state index in [2.05, 4.69) is 15.4 Å². The molecule has 2 amide bonds. The molecule has 1 aliphatic rings. The number of sulfonamides is 1. The molecule has 0 unspecified atom stereocenters. The highest BCUT2D eigenvalue weighted by Crippen LogP contribution is 2.32. The zero-order chi connectivity index (χ0) is 23.1. The van der Waals surface area contributed by atoms with E-state index in [0.29, 0.717) is 48.3 Å². The molecule has 0 bridgehead atoms. The van der Waals surface area contributed by atoms with E-state index < -0.39 is 15.9 Å². The van der Waals surface area contributed by atoms with E-state index in [1.807, 2.05) is 0 Å². The molecule has 11 heteroatoms. The maximum atomic E-state index is 12.6. The Kier molecular flexibility index (Phi) is 7.54. The number of benzene rings is 2. The molecule has 0 aromatic heterocycles. The van der Waals surface area contributed by atoms with Crippen LogP contribution >= 0.6 is 0 Å². The molecule has 0 radical (unpaired) electrons. The predicted octanol–water partition coefficient (Wildman–Crippen LogP) is 2.12. The Hall–Kier alpha value is -3.31. The van der Waals surface area contributed by atoms with Crippen molar-refractivity contribution in [1.82, 2.24) is 4.72 Å². The van der Waals surface area contributed by atoms with Gasteiger partial charge in [-0.15, -0.1) is 0 Å². The van der Waals surface area contributed by atoms with Gasteiger partial charge in [-0.2, -0.15) is 0 Å². The third kappa shape index (κ3) is 6.11. The Morgan fingerprint density at radius 3 is 2.47 bits per heavy atom. The summed E-state index contributed by atoms with van der Waals surface area (Å²) in [5, 5.41) is 5.28. The molecule has 0 atom stereocenters. The maximum absolute atomic E-state index is 12.6. The minimum atomic E-state index is -3.85. The van der Waals surface area contributed by atoms with Gasteiger partial charge >= 0.3 is 0 Å². The number of rotatable bonds is 8. The molecular formula is C21H25N3O7S. The number of amides is 2. The number of fused-ring (bicyclic) bond motifs is 1. The largest absolute Gasteiger partial charge is 0.497 e. The number of hydrogen-bond acceptors (Lipinski definition) is 7. The van der Waals surface area contributed by atoms with Crippen molar-refractivity contribution in [1.29, 1.82) is 0 Å². The standard InChI is InChI=1S/C21H25N3O7S/c1-14(25)23-17-6-4-15(29-2)12-18(17)24-21(26)8-9-22-32(27,28)16-5-7-19-20(13-16)31-11-3-10-30-19/h4-7,12-13,22H,3,8-11H2,1-2H3,(H,23,25)(H,24,26). The predicted molar refractivity (Wildman–Crippen MR) is 118 cm³/mol. The average molecular weight is 464 g/mol. The summed E-state index contributed by atoms with van der Waals surface area (Å²) in [5.41, 5.74) is 0.745. The Bertz CT molecular complexity index is 1100. The van der Waals surface area contributed by atoms with Crippen LogP contribution in [0.3, 0.4) is 0 Å². The van der Waals surface area contributed by atoms with Crippen LogP contribution in [0, 0.1) is 0 Å². The van der Waals surface area contributed by atoms with Crippen LogP contribution in [0.5, 0.6) is 17.2 Å². The van der Waals surface area contributed by atoms with Crippen LogP contribution in [0.2, 0.25) is 0 Å². The van der Waals surface area contributed by atoms with Gasteiger partial charge in [0.05, 0.1) is 36.6 Å². The number of hydrogen-bond donors (Lipinski definition) is 3. The van der Waals surface area contributed by atoms with Crippen molar-refractivity contribution in [2.75, 3.05) is 37.5 Å². The van der Waals surface area contributed by atoms with Crippen LogP contribution in [-0.2, 0) is 19.6 Å². The zero-order valence-electron chi connectivity index (χ0n) is 17.8. The van der Waals surface area contributed by atoms with E-state index in [1.54, 1.807) is 24.3 Å². The molecule has 1 aliphatic heterocycles. The van der Waals surface area contributed by atoms with Gasteiger partial charge in [0.25, 0.3) is 0 Å². The first-order valence-corrected chi connectivity index (χ1v) is 11.4. The average Bonchev–Trinajstić information content (AvgIpc) is 2.99. The highest BCUT2D eigenvalue weighted by atomic mass is 32.2. The Morgan fingerprint density at radius 1 is 1.00 bits per heavy atom. The van der Waals surface area contributed by atoms with Crippen LogP contribution in [0.1, 0.15) is 19.8 Å². The van der Waals surface area contributed by atoms with E-state index in [9.17, 15) is 18.0 Å². The summed E-state index contributed by atoms with van der Waals surface area (Å²) in [6.45, 7) is 2.17. The summed E-state index contributed by atoms with van der Waals surface area (Å²) in [4.78, 5) is 23.8. The van der Waals surface area contributed by atoms with Crippen molar-refractivity contribution in [2.24, 2.45) is 0 Å².